The van der Waals surface area contributed by atoms with Crippen LogP contribution in [0.25, 0.3) is 137 Å². The fourth-order valence-electron chi connectivity index (χ4n) is 15.3. The Morgan fingerprint density at radius 3 is 1.32 bits per heavy atom. The first-order valence-electron chi connectivity index (χ1n) is 31.7. The van der Waals surface area contributed by atoms with Gasteiger partial charge >= 0.3 is 0 Å². The van der Waals surface area contributed by atoms with Gasteiger partial charge in [-0.2, -0.15) is 0 Å². The van der Waals surface area contributed by atoms with Gasteiger partial charge < -0.3 is 27.4 Å². The van der Waals surface area contributed by atoms with Crippen LogP contribution in [0.5, 0.6) is 0 Å². The Bertz CT molecular complexity index is 5980. The Balaban J connectivity index is 0.921. The van der Waals surface area contributed by atoms with Gasteiger partial charge in [-0.3, -0.25) is 0 Å². The molecule has 0 bridgehead atoms. The minimum atomic E-state index is 0.394. The lowest BCUT2D eigenvalue weighted by Gasteiger charge is -2.26. The quantitative estimate of drug-likeness (QED) is 0.114. The number of anilines is 6. The fraction of sp³-hybridized carbons (Fsp3) is 0.0824. The lowest BCUT2D eigenvalue weighted by molar-refractivity contribution is 0.578. The third-order valence-corrected chi connectivity index (χ3v) is 19.4. The number of hydrogen-bond donors (Lipinski definition) is 0. The van der Waals surface area contributed by atoms with Gasteiger partial charge in [-0.15, -0.1) is 0 Å². The Labute approximate surface area is 526 Å². The van der Waals surface area contributed by atoms with Crippen molar-refractivity contribution in [2.45, 2.75) is 46.5 Å². The van der Waals surface area contributed by atoms with Crippen LogP contribution in [0.2, 0.25) is 0 Å². The van der Waals surface area contributed by atoms with Crippen molar-refractivity contribution < 1.29 is 8.83 Å². The molecule has 6 heteroatoms. The van der Waals surface area contributed by atoms with Crippen LogP contribution in [0.4, 0.5) is 34.1 Å². The standard InChI is InChI=1S/C85H62N4O2/c1-7-8-25-61-52(6)90-84-65(61)29-19-33-73(84)86(57-40-36-53(37-41-57)50(2)3)59-44-46-71-69(48-59)63-27-17-31-67-78-77(56-23-13-10-14-24-56)83-79(76(55-21-11-9-12-22-55)82(78)88(71)80(63)67)68-32-18-28-64-70-49-60(45-47-72(70)89(83)81(64)68)87(58-42-38-54(39-43-58)51(4)5)74-34-20-30-66-62-26-15-16-35-75(62)91-85(66)74/h7-51H,1H2,2-6H3/b25-8-. The van der Waals surface area contributed by atoms with E-state index in [-0.39, 0.29) is 0 Å². The molecule has 0 aliphatic rings. The van der Waals surface area contributed by atoms with Gasteiger partial charge in [-0.05, 0) is 120 Å². The maximum Gasteiger partial charge on any atom is 0.159 e. The summed E-state index contributed by atoms with van der Waals surface area (Å²) in [6.07, 6.45) is 5.90. The van der Waals surface area contributed by atoms with Crippen LogP contribution in [0.15, 0.2) is 270 Å². The summed E-state index contributed by atoms with van der Waals surface area (Å²) in [6.45, 7) is 15.0. The lowest BCUT2D eigenvalue weighted by Crippen LogP contribution is -2.10. The van der Waals surface area contributed by atoms with Gasteiger partial charge in [0, 0.05) is 98.7 Å². The molecule has 0 radical (unpaired) electrons. The molecule has 18 rings (SSSR count). The number of allylic oxidation sites excluding steroid dienone is 2. The van der Waals surface area contributed by atoms with Crippen LogP contribution in [0.3, 0.4) is 0 Å². The molecule has 434 valence electrons. The summed E-state index contributed by atoms with van der Waals surface area (Å²) in [6, 6.07) is 89.9. The van der Waals surface area contributed by atoms with Crippen LogP contribution in [-0.2, 0) is 0 Å². The van der Waals surface area contributed by atoms with E-state index in [1.807, 2.05) is 12.2 Å². The zero-order valence-corrected chi connectivity index (χ0v) is 51.3. The highest BCUT2D eigenvalue weighted by atomic mass is 16.3. The molecule has 12 aromatic carbocycles. The Hall–Kier alpha value is -11.3. The minimum absolute atomic E-state index is 0.394. The molecule has 0 atom stereocenters. The first kappa shape index (κ1) is 52.8. The third kappa shape index (κ3) is 7.66. The first-order chi connectivity index (χ1) is 44.7. The third-order valence-electron chi connectivity index (χ3n) is 19.4. The molecular weight excluding hydrogens is 1110 g/mol. The second-order valence-corrected chi connectivity index (χ2v) is 25.1. The fourth-order valence-corrected chi connectivity index (χ4v) is 15.3. The molecule has 0 unspecified atom stereocenters. The normalized spacial score (nSPS) is 12.4. The van der Waals surface area contributed by atoms with Crippen LogP contribution >= 0.6 is 0 Å². The summed E-state index contributed by atoms with van der Waals surface area (Å²) in [5, 5.41) is 12.9. The highest BCUT2D eigenvalue weighted by Gasteiger charge is 2.32. The van der Waals surface area contributed by atoms with Crippen molar-refractivity contribution in [3.8, 4) is 22.3 Å². The van der Waals surface area contributed by atoms with Gasteiger partial charge in [0.15, 0.2) is 11.2 Å². The van der Waals surface area contributed by atoms with Crippen molar-refractivity contribution in [2.24, 2.45) is 0 Å². The average Bonchev–Trinajstić information content (AvgIpc) is 1.50. The maximum atomic E-state index is 6.82. The first-order valence-corrected chi connectivity index (χ1v) is 31.7. The number of hydrogen-bond acceptors (Lipinski definition) is 4. The summed E-state index contributed by atoms with van der Waals surface area (Å²) < 4.78 is 18.8. The maximum absolute atomic E-state index is 6.82. The topological polar surface area (TPSA) is 41.6 Å². The zero-order chi connectivity index (χ0) is 60.9. The van der Waals surface area contributed by atoms with E-state index in [9.17, 15) is 0 Å². The molecule has 0 saturated heterocycles. The molecule has 0 spiro atoms. The summed E-state index contributed by atoms with van der Waals surface area (Å²) >= 11 is 0. The number of benzene rings is 12. The predicted molar refractivity (Wildman–Crippen MR) is 385 cm³/mol. The van der Waals surface area contributed by atoms with Crippen molar-refractivity contribution >= 4 is 149 Å². The monoisotopic (exact) mass is 1170 g/mol. The Morgan fingerprint density at radius 2 is 0.813 bits per heavy atom. The number of aromatic nitrogens is 2. The van der Waals surface area contributed by atoms with E-state index in [2.05, 4.69) is 309 Å². The highest BCUT2D eigenvalue weighted by Crippen LogP contribution is 2.55. The van der Waals surface area contributed by atoms with Crippen LogP contribution in [0, 0.1) is 6.92 Å². The second kappa shape index (κ2) is 20.1. The van der Waals surface area contributed by atoms with E-state index in [0.29, 0.717) is 11.8 Å². The van der Waals surface area contributed by atoms with Gasteiger partial charge in [0.2, 0.25) is 0 Å². The van der Waals surface area contributed by atoms with Gasteiger partial charge in [-0.25, -0.2) is 0 Å². The number of rotatable bonds is 12. The van der Waals surface area contributed by atoms with Crippen molar-refractivity contribution in [1.82, 2.24) is 8.80 Å². The van der Waals surface area contributed by atoms with E-state index >= 15 is 0 Å². The van der Waals surface area contributed by atoms with E-state index in [0.717, 1.165) is 89.4 Å². The van der Waals surface area contributed by atoms with Gasteiger partial charge in [0.1, 0.15) is 11.3 Å². The predicted octanol–water partition coefficient (Wildman–Crippen LogP) is 24.7. The van der Waals surface area contributed by atoms with E-state index in [1.54, 1.807) is 0 Å². The van der Waals surface area contributed by atoms with E-state index in [1.165, 1.54) is 98.5 Å². The molecule has 6 nitrogen and oxygen atoms in total. The zero-order valence-electron chi connectivity index (χ0n) is 51.3. The Morgan fingerprint density at radius 1 is 0.385 bits per heavy atom. The molecule has 0 N–H and O–H groups in total. The van der Waals surface area contributed by atoms with Crippen LogP contribution in [-0.4, -0.2) is 8.80 Å². The Kier molecular flexibility index (Phi) is 11.6. The largest absolute Gasteiger partial charge is 0.459 e. The molecule has 0 aliphatic heterocycles. The number of fused-ring (bicyclic) bond motifs is 16. The van der Waals surface area contributed by atoms with Gasteiger partial charge in [0.25, 0.3) is 0 Å². The van der Waals surface area contributed by atoms with E-state index in [4.69, 9.17) is 8.83 Å². The van der Waals surface area contributed by atoms with E-state index < -0.39 is 0 Å². The van der Waals surface area contributed by atoms with Gasteiger partial charge in [0.05, 0.1) is 44.5 Å². The van der Waals surface area contributed by atoms with Crippen molar-refractivity contribution in [3.05, 3.63) is 284 Å². The SMILES string of the molecule is C=C/C=C\c1c(C)oc2c(N(c3ccc(C(C)C)cc3)c3ccc4c(c3)c3cccc5c6c(-c7ccccc7)c7c(c(-c8ccccc8)c6n4c35)c3cccc4c5cc(N(c6ccc(C(C)C)cc6)c6cccc8c6oc6ccccc68)ccc5n7c43)cccc12. The molecule has 0 saturated carbocycles. The number of para-hydroxylation sites is 5. The molecule has 18 aromatic rings. The molecule has 6 heterocycles. The molecule has 0 aliphatic carbocycles. The highest BCUT2D eigenvalue weighted by molar-refractivity contribution is 6.38. The average molecular weight is 1170 g/mol. The smallest absolute Gasteiger partial charge is 0.159 e. The molecule has 0 fully saturated rings. The summed E-state index contributed by atoms with van der Waals surface area (Å²) in [7, 11) is 0. The summed E-state index contributed by atoms with van der Waals surface area (Å²) in [5.41, 5.74) is 24.3. The van der Waals surface area contributed by atoms with Gasteiger partial charge in [-0.1, -0.05) is 216 Å². The molecule has 91 heavy (non-hydrogen) atoms. The van der Waals surface area contributed by atoms with Crippen molar-refractivity contribution in [2.75, 3.05) is 9.80 Å². The molecular formula is C85H62N4O2. The lowest BCUT2D eigenvalue weighted by atomic mass is 9.89. The number of furan rings is 2. The second-order valence-electron chi connectivity index (χ2n) is 25.1. The van der Waals surface area contributed by atoms with Crippen LogP contribution in [0.1, 0.15) is 62.0 Å². The summed E-state index contributed by atoms with van der Waals surface area (Å²) in [4.78, 5) is 4.77. The van der Waals surface area contributed by atoms with Crippen molar-refractivity contribution in [1.29, 1.82) is 0 Å². The number of nitrogens with zero attached hydrogens (tertiary/aromatic N) is 4. The van der Waals surface area contributed by atoms with Crippen molar-refractivity contribution in [3.63, 3.8) is 0 Å². The molecule has 6 aromatic heterocycles. The van der Waals surface area contributed by atoms with Crippen LogP contribution < -0.4 is 9.80 Å². The molecule has 0 amide bonds. The minimum Gasteiger partial charge on any atom is -0.459 e. The number of aryl methyl sites for hydroxylation is 1. The summed E-state index contributed by atoms with van der Waals surface area (Å²) in [5.74, 6) is 1.66.